The Morgan fingerprint density at radius 3 is 2.54 bits per heavy atom. The van der Waals surface area contributed by atoms with E-state index in [-0.39, 0.29) is 18.9 Å². The summed E-state index contributed by atoms with van der Waals surface area (Å²) in [6.45, 7) is -0.0119. The van der Waals surface area contributed by atoms with Crippen molar-refractivity contribution in [1.29, 1.82) is 0 Å². The van der Waals surface area contributed by atoms with Crippen LogP contribution in [-0.4, -0.2) is 31.0 Å². The summed E-state index contributed by atoms with van der Waals surface area (Å²) >= 11 is 6.11. The van der Waals surface area contributed by atoms with E-state index in [0.29, 0.717) is 34.8 Å². The Hall–Kier alpha value is -1.96. The molecular weight excluding hydrogens is 398 g/mol. The summed E-state index contributed by atoms with van der Waals surface area (Å²) in [6.07, 6.45) is 5.67. The molecule has 8 heteroatoms. The highest BCUT2D eigenvalue weighted by molar-refractivity contribution is 7.93. The fraction of sp³-hybridized carbons (Fsp3) is 0.400. The van der Waals surface area contributed by atoms with E-state index in [4.69, 9.17) is 17.3 Å². The van der Waals surface area contributed by atoms with Gasteiger partial charge in [0.1, 0.15) is 0 Å². The molecule has 6 nitrogen and oxygen atoms in total. The van der Waals surface area contributed by atoms with Gasteiger partial charge in [0.15, 0.2) is 5.78 Å². The maximum atomic E-state index is 13.4. The average Bonchev–Trinajstić information content (AvgIpc) is 2.72. The third kappa shape index (κ3) is 4.71. The summed E-state index contributed by atoms with van der Waals surface area (Å²) in [7, 11) is -3.58. The van der Waals surface area contributed by atoms with E-state index < -0.39 is 15.3 Å². The number of pyridine rings is 1. The Morgan fingerprint density at radius 2 is 1.93 bits per heavy atom. The van der Waals surface area contributed by atoms with Crippen molar-refractivity contribution < 1.29 is 13.2 Å². The summed E-state index contributed by atoms with van der Waals surface area (Å²) in [5.74, 6) is -0.208. The summed E-state index contributed by atoms with van der Waals surface area (Å²) in [6, 6.07) is 10.1. The molecule has 1 saturated carbocycles. The normalized spacial score (nSPS) is 15.4. The van der Waals surface area contributed by atoms with Crippen molar-refractivity contribution in [2.75, 3.05) is 10.8 Å². The van der Waals surface area contributed by atoms with Crippen LogP contribution < -0.4 is 10.0 Å². The molecule has 3 rings (SSSR count). The molecule has 1 aromatic heterocycles. The third-order valence-corrected chi connectivity index (χ3v) is 7.52. The minimum Gasteiger partial charge on any atom is -0.324 e. The Labute approximate surface area is 170 Å². The summed E-state index contributed by atoms with van der Waals surface area (Å²) in [5.41, 5.74) is 6.85. The van der Waals surface area contributed by atoms with Gasteiger partial charge in [-0.1, -0.05) is 36.9 Å². The molecule has 0 aliphatic heterocycles. The summed E-state index contributed by atoms with van der Waals surface area (Å²) in [5, 5.41) is 0.0662. The van der Waals surface area contributed by atoms with E-state index in [1.165, 1.54) is 10.5 Å². The van der Waals surface area contributed by atoms with Crippen molar-refractivity contribution in [3.63, 3.8) is 0 Å². The van der Waals surface area contributed by atoms with E-state index >= 15 is 0 Å². The molecule has 0 spiro atoms. The molecule has 2 N–H and O–H groups in total. The lowest BCUT2D eigenvalue weighted by atomic mass is 10.0. The van der Waals surface area contributed by atoms with Crippen LogP contribution >= 0.6 is 11.6 Å². The molecule has 0 saturated heterocycles. The number of hydrogen-bond acceptors (Lipinski definition) is 5. The zero-order valence-electron chi connectivity index (χ0n) is 15.6. The van der Waals surface area contributed by atoms with Crippen LogP contribution in [0.1, 0.15) is 48.2 Å². The number of ketones is 1. The molecule has 150 valence electrons. The maximum Gasteiger partial charge on any atom is 0.238 e. The average molecular weight is 422 g/mol. The second-order valence-corrected chi connectivity index (χ2v) is 9.53. The van der Waals surface area contributed by atoms with E-state index in [2.05, 4.69) is 4.98 Å². The van der Waals surface area contributed by atoms with Crippen molar-refractivity contribution in [3.8, 4) is 0 Å². The van der Waals surface area contributed by atoms with E-state index in [9.17, 15) is 13.2 Å². The standard InChI is InChI=1S/C20H24ClN3O3S/c21-16-5-4-6-18(11-16)24(28(26,27)19-7-2-1-3-8-19)14-17-10-9-15(13-23-17)20(25)12-22/h4-6,9-11,13,19H,1-3,7-8,12,14,22H2. The van der Waals surface area contributed by atoms with Crippen LogP contribution in [-0.2, 0) is 16.6 Å². The van der Waals surface area contributed by atoms with Gasteiger partial charge in [0, 0.05) is 16.8 Å². The molecule has 0 radical (unpaired) electrons. The maximum absolute atomic E-state index is 13.4. The van der Waals surface area contributed by atoms with Gasteiger partial charge in [0.25, 0.3) is 0 Å². The smallest absolute Gasteiger partial charge is 0.238 e. The third-order valence-electron chi connectivity index (χ3n) is 5.01. The Kier molecular flexibility index (Phi) is 6.69. The molecule has 0 atom stereocenters. The first kappa shape index (κ1) is 20.8. The molecule has 1 aliphatic carbocycles. The zero-order chi connectivity index (χ0) is 20.1. The largest absolute Gasteiger partial charge is 0.324 e. The second kappa shape index (κ2) is 9.03. The lowest BCUT2D eigenvalue weighted by Gasteiger charge is -2.31. The second-order valence-electron chi connectivity index (χ2n) is 6.96. The van der Waals surface area contributed by atoms with Gasteiger partial charge in [-0.05, 0) is 43.2 Å². The lowest BCUT2D eigenvalue weighted by Crippen LogP contribution is -2.39. The summed E-state index contributed by atoms with van der Waals surface area (Å²) < 4.78 is 28.2. The first-order chi connectivity index (χ1) is 13.4. The van der Waals surface area contributed by atoms with Gasteiger partial charge in [-0.15, -0.1) is 0 Å². The number of aromatic nitrogens is 1. The van der Waals surface area contributed by atoms with Crippen LogP contribution in [0.25, 0.3) is 0 Å². The Bertz CT molecular complexity index is 926. The number of Topliss-reactive ketones (excluding diaryl/α,β-unsaturated/α-hetero) is 1. The minimum absolute atomic E-state index is 0.0796. The number of carbonyl (C=O) groups is 1. The number of hydrogen-bond donors (Lipinski definition) is 1. The van der Waals surface area contributed by atoms with Crippen molar-refractivity contribution in [2.45, 2.75) is 43.9 Å². The van der Waals surface area contributed by atoms with Gasteiger partial charge < -0.3 is 5.73 Å². The fourth-order valence-electron chi connectivity index (χ4n) is 3.45. The van der Waals surface area contributed by atoms with Crippen LogP contribution in [0.3, 0.4) is 0 Å². The van der Waals surface area contributed by atoms with Crippen LogP contribution in [0.5, 0.6) is 0 Å². The number of carbonyl (C=O) groups excluding carboxylic acids is 1. The van der Waals surface area contributed by atoms with E-state index in [1.807, 2.05) is 0 Å². The van der Waals surface area contributed by atoms with E-state index in [0.717, 1.165) is 19.3 Å². The van der Waals surface area contributed by atoms with Gasteiger partial charge >= 0.3 is 0 Å². The highest BCUT2D eigenvalue weighted by Gasteiger charge is 2.33. The van der Waals surface area contributed by atoms with Crippen molar-refractivity contribution in [2.24, 2.45) is 5.73 Å². The van der Waals surface area contributed by atoms with E-state index in [1.54, 1.807) is 36.4 Å². The minimum atomic E-state index is -3.58. The lowest BCUT2D eigenvalue weighted by molar-refractivity contribution is 0.100. The number of rotatable bonds is 7. The van der Waals surface area contributed by atoms with Crippen LogP contribution in [0, 0.1) is 0 Å². The van der Waals surface area contributed by atoms with Gasteiger partial charge in [0.2, 0.25) is 10.0 Å². The van der Waals surface area contributed by atoms with Crippen LogP contribution in [0.2, 0.25) is 5.02 Å². The van der Waals surface area contributed by atoms with Gasteiger partial charge in [0.05, 0.1) is 29.7 Å². The first-order valence-electron chi connectivity index (χ1n) is 9.37. The monoisotopic (exact) mass is 421 g/mol. The summed E-state index contributed by atoms with van der Waals surface area (Å²) in [4.78, 5) is 16.0. The molecule has 0 unspecified atom stereocenters. The molecule has 1 heterocycles. The van der Waals surface area contributed by atoms with Gasteiger partial charge in [-0.25, -0.2) is 8.42 Å². The predicted octanol–water partition coefficient (Wildman–Crippen LogP) is 3.55. The van der Waals surface area contributed by atoms with Gasteiger partial charge in [-0.2, -0.15) is 0 Å². The van der Waals surface area contributed by atoms with Crippen LogP contribution in [0.15, 0.2) is 42.6 Å². The van der Waals surface area contributed by atoms with Crippen molar-refractivity contribution in [1.82, 2.24) is 4.98 Å². The SMILES string of the molecule is NCC(=O)c1ccc(CN(c2cccc(Cl)c2)S(=O)(=O)C2CCCCC2)nc1. The highest BCUT2D eigenvalue weighted by Crippen LogP contribution is 2.31. The molecule has 28 heavy (non-hydrogen) atoms. The molecule has 0 bridgehead atoms. The Morgan fingerprint density at radius 1 is 1.18 bits per heavy atom. The highest BCUT2D eigenvalue weighted by atomic mass is 35.5. The number of benzene rings is 1. The predicted molar refractivity (Wildman–Crippen MR) is 111 cm³/mol. The molecule has 1 fully saturated rings. The number of sulfonamides is 1. The van der Waals surface area contributed by atoms with Gasteiger partial charge in [-0.3, -0.25) is 14.1 Å². The fourth-order valence-corrected chi connectivity index (χ4v) is 5.64. The number of nitrogens with zero attached hydrogens (tertiary/aromatic N) is 2. The molecule has 1 aromatic carbocycles. The number of halogens is 1. The molecular formula is C20H24ClN3O3S. The zero-order valence-corrected chi connectivity index (χ0v) is 17.1. The topological polar surface area (TPSA) is 93.4 Å². The van der Waals surface area contributed by atoms with Crippen molar-refractivity contribution in [3.05, 3.63) is 58.9 Å². The molecule has 2 aromatic rings. The first-order valence-corrected chi connectivity index (χ1v) is 11.3. The van der Waals surface area contributed by atoms with Crippen LogP contribution in [0.4, 0.5) is 5.69 Å². The number of anilines is 1. The molecule has 0 amide bonds. The Balaban J connectivity index is 1.93. The molecule has 1 aliphatic rings. The quantitative estimate of drug-likeness (QED) is 0.690. The number of nitrogens with two attached hydrogens (primary N) is 1. The van der Waals surface area contributed by atoms with Crippen molar-refractivity contribution >= 4 is 33.1 Å².